The van der Waals surface area contributed by atoms with Crippen LogP contribution in [0.3, 0.4) is 0 Å². The first-order valence-electron chi connectivity index (χ1n) is 7.76. The quantitative estimate of drug-likeness (QED) is 0.504. The zero-order valence-corrected chi connectivity index (χ0v) is 18.0. The summed E-state index contributed by atoms with van der Waals surface area (Å²) in [5, 5.41) is 4.21. The molecule has 4 heteroatoms. The van der Waals surface area contributed by atoms with Crippen molar-refractivity contribution in [2.75, 3.05) is 40.9 Å². The molecule has 1 saturated carbocycles. The van der Waals surface area contributed by atoms with Gasteiger partial charge in [-0.25, -0.2) is 0 Å². The molecule has 0 aromatic rings. The van der Waals surface area contributed by atoms with Gasteiger partial charge in [0.05, 0.1) is 6.61 Å². The summed E-state index contributed by atoms with van der Waals surface area (Å²) in [5.41, 5.74) is 0.139. The van der Waals surface area contributed by atoms with Crippen molar-refractivity contribution in [3.63, 3.8) is 0 Å². The third-order valence-electron chi connectivity index (χ3n) is 4.75. The van der Waals surface area contributed by atoms with Crippen LogP contribution >= 0.6 is 0 Å². The molecule has 0 unspecified atom stereocenters. The standard InChI is InChI=1S/C16H33N2O.CH3.W/c1-16(2,18(4)5)13-19-12-15-8-6-14(7-9-15)10-11-17-3;;/h14-15H,6-13H2,1-5H3;1H3;/q2*-1;+2. The van der Waals surface area contributed by atoms with Gasteiger partial charge in [0.2, 0.25) is 0 Å². The second-order valence-electron chi connectivity index (χ2n) is 6.94. The van der Waals surface area contributed by atoms with Crippen LogP contribution in [0.2, 0.25) is 0 Å². The molecule has 0 saturated heterocycles. The van der Waals surface area contributed by atoms with E-state index >= 15 is 0 Å². The Bertz CT molecular complexity index is 239. The molecule has 0 heterocycles. The second kappa shape index (κ2) is 12.0. The second-order valence-corrected chi connectivity index (χ2v) is 6.94. The Hall–Kier alpha value is 0.568. The Balaban J connectivity index is 0. The van der Waals surface area contributed by atoms with Gasteiger partial charge in [-0.1, -0.05) is 19.3 Å². The smallest absolute Gasteiger partial charge is 0.665 e. The minimum Gasteiger partial charge on any atom is -0.665 e. The van der Waals surface area contributed by atoms with E-state index in [-0.39, 0.29) is 34.0 Å². The number of hydrogen-bond donors (Lipinski definition) is 0. The summed E-state index contributed by atoms with van der Waals surface area (Å²) in [6.07, 6.45) is 6.73. The van der Waals surface area contributed by atoms with Crippen LogP contribution in [-0.2, 0) is 25.8 Å². The normalized spacial score (nSPS) is 22.6. The predicted octanol–water partition coefficient (Wildman–Crippen LogP) is 3.99. The molecule has 21 heavy (non-hydrogen) atoms. The largest absolute Gasteiger partial charge is 2.00 e. The van der Waals surface area contributed by atoms with Gasteiger partial charge < -0.3 is 22.4 Å². The topological polar surface area (TPSA) is 26.6 Å². The van der Waals surface area contributed by atoms with Crippen LogP contribution < -0.4 is 0 Å². The molecule has 126 valence electrons. The first-order chi connectivity index (χ1) is 8.95. The van der Waals surface area contributed by atoms with Gasteiger partial charge in [0.1, 0.15) is 0 Å². The summed E-state index contributed by atoms with van der Waals surface area (Å²) in [7, 11) is 6.16. The van der Waals surface area contributed by atoms with E-state index in [4.69, 9.17) is 4.74 Å². The molecular weight excluding hydrogens is 432 g/mol. The monoisotopic (exact) mass is 468 g/mol. The number of rotatable bonds is 8. The summed E-state index contributed by atoms with van der Waals surface area (Å²) < 4.78 is 5.96. The van der Waals surface area contributed by atoms with E-state index in [0.717, 1.165) is 31.6 Å². The van der Waals surface area contributed by atoms with E-state index in [2.05, 4.69) is 38.2 Å². The average Bonchev–Trinajstić information content (AvgIpc) is 2.37. The summed E-state index contributed by atoms with van der Waals surface area (Å²) in [5.74, 6) is 1.70. The molecule has 1 aliphatic rings. The van der Waals surface area contributed by atoms with Gasteiger partial charge in [-0.3, -0.25) is 0 Å². The van der Waals surface area contributed by atoms with Gasteiger partial charge in [0.15, 0.2) is 0 Å². The summed E-state index contributed by atoms with van der Waals surface area (Å²) >= 11 is 0. The van der Waals surface area contributed by atoms with Crippen molar-refractivity contribution in [2.24, 2.45) is 11.8 Å². The summed E-state index contributed by atoms with van der Waals surface area (Å²) in [4.78, 5) is 2.23. The third-order valence-corrected chi connectivity index (χ3v) is 4.75. The van der Waals surface area contributed by atoms with Crippen molar-refractivity contribution in [1.29, 1.82) is 0 Å². The zero-order chi connectivity index (χ0) is 14.3. The molecule has 0 radical (unpaired) electrons. The van der Waals surface area contributed by atoms with Crippen LogP contribution in [0.5, 0.6) is 0 Å². The fourth-order valence-corrected chi connectivity index (χ4v) is 2.60. The first-order valence-corrected chi connectivity index (χ1v) is 7.76. The van der Waals surface area contributed by atoms with Gasteiger partial charge in [-0.05, 0) is 52.6 Å². The molecule has 1 aliphatic carbocycles. The molecule has 0 aromatic carbocycles. The molecule has 0 spiro atoms. The fraction of sp³-hybridized carbons (Fsp3) is 0.941. The van der Waals surface area contributed by atoms with Crippen LogP contribution in [-0.4, -0.2) is 51.3 Å². The third kappa shape index (κ3) is 9.33. The Morgan fingerprint density at radius 2 is 1.62 bits per heavy atom. The van der Waals surface area contributed by atoms with E-state index in [0.29, 0.717) is 0 Å². The number of nitrogens with zero attached hydrogens (tertiary/aromatic N) is 2. The van der Waals surface area contributed by atoms with Crippen molar-refractivity contribution in [2.45, 2.75) is 51.5 Å². The van der Waals surface area contributed by atoms with Crippen LogP contribution in [0.25, 0.3) is 5.32 Å². The Kier molecular flexibility index (Phi) is 13.7. The molecule has 0 N–H and O–H groups in total. The SMILES string of the molecule is C[N-]CCC1CCC(COCC(C)(C)N(C)C)CC1.[CH3-].[W+2]. The molecule has 0 aliphatic heterocycles. The van der Waals surface area contributed by atoms with Crippen LogP contribution in [0.4, 0.5) is 0 Å². The molecular formula is C17H36N2OW. The number of ether oxygens (including phenoxy) is 1. The Labute approximate surface area is 147 Å². The van der Waals surface area contributed by atoms with E-state index in [1.165, 1.54) is 32.1 Å². The molecule has 0 aromatic heterocycles. The van der Waals surface area contributed by atoms with Gasteiger partial charge in [0.25, 0.3) is 0 Å². The molecule has 1 fully saturated rings. The van der Waals surface area contributed by atoms with Crippen molar-refractivity contribution in [3.8, 4) is 0 Å². The van der Waals surface area contributed by atoms with E-state index in [1.54, 1.807) is 0 Å². The van der Waals surface area contributed by atoms with Gasteiger partial charge in [-0.2, -0.15) is 7.05 Å². The Morgan fingerprint density at radius 1 is 1.10 bits per heavy atom. The molecule has 0 amide bonds. The van der Waals surface area contributed by atoms with E-state index in [1.807, 2.05) is 7.05 Å². The number of likely N-dealkylation sites (N-methyl/N-ethyl adjacent to an activating group) is 1. The predicted molar refractivity (Wildman–Crippen MR) is 89.2 cm³/mol. The van der Waals surface area contributed by atoms with E-state index < -0.39 is 0 Å². The first kappa shape index (κ1) is 23.8. The minimum atomic E-state index is 0. The summed E-state index contributed by atoms with van der Waals surface area (Å²) in [6, 6.07) is 0. The maximum atomic E-state index is 5.96. The van der Waals surface area contributed by atoms with Gasteiger partial charge in [0, 0.05) is 12.1 Å². The van der Waals surface area contributed by atoms with Crippen molar-refractivity contribution < 1.29 is 25.8 Å². The Morgan fingerprint density at radius 3 is 2.10 bits per heavy atom. The van der Waals surface area contributed by atoms with Gasteiger partial charge in [-0.15, -0.1) is 6.54 Å². The fourth-order valence-electron chi connectivity index (χ4n) is 2.60. The van der Waals surface area contributed by atoms with Crippen LogP contribution in [0.15, 0.2) is 0 Å². The van der Waals surface area contributed by atoms with Crippen LogP contribution in [0, 0.1) is 19.3 Å². The van der Waals surface area contributed by atoms with Crippen molar-refractivity contribution in [1.82, 2.24) is 4.90 Å². The maximum Gasteiger partial charge on any atom is 2.00 e. The molecule has 3 nitrogen and oxygen atoms in total. The van der Waals surface area contributed by atoms with Crippen molar-refractivity contribution in [3.05, 3.63) is 12.7 Å². The van der Waals surface area contributed by atoms with Crippen LogP contribution in [0.1, 0.15) is 46.0 Å². The minimum absolute atomic E-state index is 0. The number of hydrogen-bond acceptors (Lipinski definition) is 2. The summed E-state index contributed by atoms with van der Waals surface area (Å²) in [6.45, 7) is 7.29. The molecule has 1 rings (SSSR count). The van der Waals surface area contributed by atoms with Gasteiger partial charge >= 0.3 is 21.1 Å². The molecule has 0 bridgehead atoms. The van der Waals surface area contributed by atoms with Crippen molar-refractivity contribution >= 4 is 0 Å². The maximum absolute atomic E-state index is 5.96. The van der Waals surface area contributed by atoms with E-state index in [9.17, 15) is 0 Å². The molecule has 0 atom stereocenters. The average molecular weight is 468 g/mol. The zero-order valence-electron chi connectivity index (χ0n) is 15.0.